The predicted molar refractivity (Wildman–Crippen MR) is 65.5 cm³/mol. The molecule has 0 bridgehead atoms. The maximum Gasteiger partial charge on any atom is 0.323 e. The van der Waals surface area contributed by atoms with Crippen molar-refractivity contribution < 1.29 is 24.1 Å². The van der Waals surface area contributed by atoms with Crippen LogP contribution in [0, 0.1) is 0 Å². The predicted octanol–water partition coefficient (Wildman–Crippen LogP) is 0.391. The van der Waals surface area contributed by atoms with Crippen LogP contribution in [0.15, 0.2) is 0 Å². The first-order valence-corrected chi connectivity index (χ1v) is 6.29. The fraction of sp³-hybridized carbons (Fsp3) is 0.917. The number of ether oxygens (including phenoxy) is 3. The Morgan fingerprint density at radius 1 is 1.39 bits per heavy atom. The Hall–Kier alpha value is -0.690. The van der Waals surface area contributed by atoms with Gasteiger partial charge < -0.3 is 25.1 Å². The van der Waals surface area contributed by atoms with E-state index < -0.39 is 11.5 Å². The van der Waals surface area contributed by atoms with Gasteiger partial charge in [0, 0.05) is 26.7 Å². The van der Waals surface area contributed by atoms with Crippen LogP contribution < -0.4 is 5.73 Å². The molecule has 1 aliphatic rings. The van der Waals surface area contributed by atoms with Crippen LogP contribution in [0.4, 0.5) is 0 Å². The van der Waals surface area contributed by atoms with Crippen molar-refractivity contribution in [3.63, 3.8) is 0 Å². The summed E-state index contributed by atoms with van der Waals surface area (Å²) < 4.78 is 15.8. The van der Waals surface area contributed by atoms with Crippen molar-refractivity contribution in [3.05, 3.63) is 0 Å². The van der Waals surface area contributed by atoms with Crippen molar-refractivity contribution in [1.29, 1.82) is 0 Å². The van der Waals surface area contributed by atoms with Gasteiger partial charge in [-0.25, -0.2) is 0 Å². The molecular weight excluding hydrogens is 238 g/mol. The molecule has 0 radical (unpaired) electrons. The van der Waals surface area contributed by atoms with Gasteiger partial charge in [0.2, 0.25) is 0 Å². The van der Waals surface area contributed by atoms with Gasteiger partial charge in [0.15, 0.2) is 0 Å². The smallest absolute Gasteiger partial charge is 0.323 e. The van der Waals surface area contributed by atoms with Crippen molar-refractivity contribution in [2.75, 3.05) is 33.5 Å². The number of nitrogens with two attached hydrogens (primary N) is 1. The highest BCUT2D eigenvalue weighted by molar-refractivity contribution is 5.78. The maximum absolute atomic E-state index is 10.9. The van der Waals surface area contributed by atoms with E-state index in [1.807, 2.05) is 0 Å². The largest absolute Gasteiger partial charge is 0.480 e. The number of carbonyl (C=O) groups is 1. The summed E-state index contributed by atoms with van der Waals surface area (Å²) in [4.78, 5) is 10.9. The first kappa shape index (κ1) is 15.4. The summed E-state index contributed by atoms with van der Waals surface area (Å²) in [6, 6.07) is 0. The zero-order valence-corrected chi connectivity index (χ0v) is 10.9. The van der Waals surface area contributed by atoms with Gasteiger partial charge in [0.05, 0.1) is 19.3 Å². The lowest BCUT2D eigenvalue weighted by molar-refractivity contribution is -0.143. The maximum atomic E-state index is 10.9. The molecule has 18 heavy (non-hydrogen) atoms. The first-order valence-electron chi connectivity index (χ1n) is 6.29. The van der Waals surface area contributed by atoms with Crippen LogP contribution in [0.5, 0.6) is 0 Å². The minimum absolute atomic E-state index is 0.0614. The summed E-state index contributed by atoms with van der Waals surface area (Å²) in [6.07, 6.45) is 2.36. The average molecular weight is 261 g/mol. The second-order valence-electron chi connectivity index (χ2n) is 4.66. The quantitative estimate of drug-likeness (QED) is 0.583. The lowest BCUT2D eigenvalue weighted by atomic mass is 10.00. The van der Waals surface area contributed by atoms with E-state index in [-0.39, 0.29) is 6.10 Å². The van der Waals surface area contributed by atoms with Gasteiger partial charge in [-0.15, -0.1) is 0 Å². The summed E-state index contributed by atoms with van der Waals surface area (Å²) >= 11 is 0. The van der Waals surface area contributed by atoms with Gasteiger partial charge in [0.1, 0.15) is 5.54 Å². The summed E-state index contributed by atoms with van der Waals surface area (Å²) in [5.74, 6) is -0.940. The lowest BCUT2D eigenvalue weighted by Gasteiger charge is -2.18. The standard InChI is InChI=1S/C12H23NO5/c1-16-5-2-6-17-7-8-18-10-3-4-12(13,9-10)11(14)15/h10H,2-9,13H2,1H3,(H,14,15). The van der Waals surface area contributed by atoms with Crippen LogP contribution in [-0.2, 0) is 19.0 Å². The molecule has 6 nitrogen and oxygen atoms in total. The van der Waals surface area contributed by atoms with E-state index in [1.165, 1.54) is 0 Å². The summed E-state index contributed by atoms with van der Waals surface area (Å²) in [5, 5.41) is 8.97. The number of aliphatic carboxylic acids is 1. The number of carboxylic acid groups (broad SMARTS) is 1. The van der Waals surface area contributed by atoms with Crippen molar-refractivity contribution in [2.45, 2.75) is 37.3 Å². The van der Waals surface area contributed by atoms with Crippen LogP contribution >= 0.6 is 0 Å². The number of rotatable bonds is 9. The SMILES string of the molecule is COCCCOCCOC1CCC(N)(C(=O)O)C1. The molecule has 106 valence electrons. The molecule has 1 saturated carbocycles. The molecule has 1 aliphatic carbocycles. The zero-order chi connectivity index (χ0) is 13.4. The van der Waals surface area contributed by atoms with E-state index in [2.05, 4.69) is 0 Å². The molecular formula is C12H23NO5. The molecule has 1 fully saturated rings. The highest BCUT2D eigenvalue weighted by atomic mass is 16.5. The minimum Gasteiger partial charge on any atom is -0.480 e. The molecule has 3 N–H and O–H groups in total. The second kappa shape index (κ2) is 7.68. The van der Waals surface area contributed by atoms with Crippen molar-refractivity contribution >= 4 is 5.97 Å². The molecule has 0 heterocycles. The molecule has 0 amide bonds. The third kappa shape index (κ3) is 4.89. The number of hydrogen-bond acceptors (Lipinski definition) is 5. The highest BCUT2D eigenvalue weighted by Gasteiger charge is 2.42. The Bertz CT molecular complexity index is 261. The number of methoxy groups -OCH3 is 1. The van der Waals surface area contributed by atoms with Crippen molar-refractivity contribution in [2.24, 2.45) is 5.73 Å². The van der Waals surface area contributed by atoms with Crippen LogP contribution in [0.2, 0.25) is 0 Å². The van der Waals surface area contributed by atoms with Crippen molar-refractivity contribution in [3.8, 4) is 0 Å². The van der Waals surface area contributed by atoms with Crippen molar-refractivity contribution in [1.82, 2.24) is 0 Å². The number of carboxylic acids is 1. The second-order valence-corrected chi connectivity index (χ2v) is 4.66. The Morgan fingerprint density at radius 2 is 2.17 bits per heavy atom. The van der Waals surface area contributed by atoms with E-state index >= 15 is 0 Å². The van der Waals surface area contributed by atoms with Crippen LogP contribution in [0.25, 0.3) is 0 Å². The van der Waals surface area contributed by atoms with Gasteiger partial charge in [0.25, 0.3) is 0 Å². The van der Waals surface area contributed by atoms with E-state index in [9.17, 15) is 4.79 Å². The van der Waals surface area contributed by atoms with Gasteiger partial charge in [-0.05, 0) is 19.3 Å². The normalized spacial score (nSPS) is 27.6. The van der Waals surface area contributed by atoms with Crippen LogP contribution in [0.1, 0.15) is 25.7 Å². The highest BCUT2D eigenvalue weighted by Crippen LogP contribution is 2.29. The molecule has 0 saturated heterocycles. The minimum atomic E-state index is -1.11. The molecule has 0 aromatic rings. The van der Waals surface area contributed by atoms with Crippen LogP contribution in [-0.4, -0.2) is 56.3 Å². The molecule has 6 heteroatoms. The van der Waals surface area contributed by atoms with Gasteiger partial charge in [-0.3, -0.25) is 4.79 Å². The summed E-state index contributed by atoms with van der Waals surface area (Å²) in [5.41, 5.74) is 4.65. The zero-order valence-electron chi connectivity index (χ0n) is 10.9. The number of hydrogen-bond donors (Lipinski definition) is 2. The van der Waals surface area contributed by atoms with E-state index in [0.29, 0.717) is 45.7 Å². The molecule has 0 aromatic carbocycles. The van der Waals surface area contributed by atoms with Gasteiger partial charge in [-0.1, -0.05) is 0 Å². The van der Waals surface area contributed by atoms with Gasteiger partial charge in [-0.2, -0.15) is 0 Å². The third-order valence-corrected chi connectivity index (χ3v) is 3.15. The molecule has 2 atom stereocenters. The average Bonchev–Trinajstić information content (AvgIpc) is 2.72. The molecule has 0 spiro atoms. The molecule has 1 rings (SSSR count). The topological polar surface area (TPSA) is 91.0 Å². The van der Waals surface area contributed by atoms with Crippen LogP contribution in [0.3, 0.4) is 0 Å². The van der Waals surface area contributed by atoms with E-state index in [1.54, 1.807) is 7.11 Å². The molecule has 0 aromatic heterocycles. The first-order chi connectivity index (χ1) is 8.58. The Labute approximate surface area is 107 Å². The Balaban J connectivity index is 2.03. The summed E-state index contributed by atoms with van der Waals surface area (Å²) in [6.45, 7) is 2.34. The fourth-order valence-electron chi connectivity index (χ4n) is 2.05. The molecule has 0 aliphatic heterocycles. The Morgan fingerprint density at radius 3 is 2.78 bits per heavy atom. The fourth-order valence-corrected chi connectivity index (χ4v) is 2.05. The lowest BCUT2D eigenvalue weighted by Crippen LogP contribution is -2.45. The van der Waals surface area contributed by atoms with E-state index in [4.69, 9.17) is 25.1 Å². The summed E-state index contributed by atoms with van der Waals surface area (Å²) in [7, 11) is 1.66. The Kier molecular flexibility index (Phi) is 6.56. The molecule has 2 unspecified atom stereocenters. The third-order valence-electron chi connectivity index (χ3n) is 3.15. The van der Waals surface area contributed by atoms with E-state index in [0.717, 1.165) is 6.42 Å². The van der Waals surface area contributed by atoms with Gasteiger partial charge >= 0.3 is 5.97 Å². The monoisotopic (exact) mass is 261 g/mol.